The Balaban J connectivity index is 0.000000963. The summed E-state index contributed by atoms with van der Waals surface area (Å²) in [6.07, 6.45) is 3.46. The molecule has 2 atom stereocenters. The van der Waals surface area contributed by atoms with Crippen LogP contribution in [0.4, 0.5) is 0 Å². The molecule has 0 radical (unpaired) electrons. The van der Waals surface area contributed by atoms with Gasteiger partial charge in [-0.05, 0) is 36.3 Å². The lowest BCUT2D eigenvalue weighted by molar-refractivity contribution is -0.125. The number of aryl methyl sites for hydroxylation is 1. The zero-order valence-corrected chi connectivity index (χ0v) is 9.93. The maximum Gasteiger partial charge on any atom is 0.227 e. The Morgan fingerprint density at radius 2 is 2.00 bits per heavy atom. The van der Waals surface area contributed by atoms with Gasteiger partial charge in [-0.3, -0.25) is 4.79 Å². The molecule has 0 bridgehead atoms. The third-order valence-corrected chi connectivity index (χ3v) is 3.74. The van der Waals surface area contributed by atoms with Crippen LogP contribution in [0.25, 0.3) is 0 Å². The second kappa shape index (κ2) is 4.46. The number of piperidine rings is 1. The first-order valence-electron chi connectivity index (χ1n) is 5.72. The number of halogens is 1. The number of fused-ring (bicyclic) bond motifs is 3. The molecule has 1 amide bonds. The highest BCUT2D eigenvalue weighted by atomic mass is 35.5. The Kier molecular flexibility index (Phi) is 3.20. The number of hydrogen-bond donors (Lipinski definition) is 1. The van der Waals surface area contributed by atoms with Gasteiger partial charge in [-0.15, -0.1) is 12.4 Å². The minimum atomic E-state index is 0. The van der Waals surface area contributed by atoms with E-state index in [9.17, 15) is 4.79 Å². The Hall–Kier alpha value is -1.02. The second-order valence-corrected chi connectivity index (χ2v) is 4.55. The van der Waals surface area contributed by atoms with Gasteiger partial charge in [-0.1, -0.05) is 24.3 Å². The summed E-state index contributed by atoms with van der Waals surface area (Å²) in [5.41, 5.74) is 2.64. The van der Waals surface area contributed by atoms with Crippen molar-refractivity contribution in [3.05, 3.63) is 35.4 Å². The molecule has 86 valence electrons. The normalized spacial score (nSPS) is 27.1. The molecule has 1 aliphatic heterocycles. The predicted molar refractivity (Wildman–Crippen MR) is 65.9 cm³/mol. The molecular formula is C13H16ClNO. The topological polar surface area (TPSA) is 29.1 Å². The van der Waals surface area contributed by atoms with Crippen molar-refractivity contribution in [2.24, 2.45) is 5.92 Å². The van der Waals surface area contributed by atoms with Gasteiger partial charge in [0.25, 0.3) is 0 Å². The number of carbonyl (C=O) groups is 1. The summed E-state index contributed by atoms with van der Waals surface area (Å²) < 4.78 is 0. The van der Waals surface area contributed by atoms with Crippen LogP contribution in [0.3, 0.4) is 0 Å². The lowest BCUT2D eigenvalue weighted by Crippen LogP contribution is -2.42. The Morgan fingerprint density at radius 3 is 2.88 bits per heavy atom. The number of amides is 1. The minimum Gasteiger partial charge on any atom is -0.356 e. The number of nitrogens with one attached hydrogen (secondary N) is 1. The molecular weight excluding hydrogens is 222 g/mol. The van der Waals surface area contributed by atoms with Gasteiger partial charge in [0.15, 0.2) is 0 Å². The molecule has 2 nitrogen and oxygen atoms in total. The smallest absolute Gasteiger partial charge is 0.227 e. The van der Waals surface area contributed by atoms with Gasteiger partial charge in [-0.2, -0.15) is 0 Å². The van der Waals surface area contributed by atoms with E-state index in [4.69, 9.17) is 0 Å². The molecule has 1 aromatic carbocycles. The minimum absolute atomic E-state index is 0. The zero-order valence-electron chi connectivity index (χ0n) is 9.11. The summed E-state index contributed by atoms with van der Waals surface area (Å²) in [5, 5.41) is 2.98. The molecule has 1 fully saturated rings. The lowest BCUT2D eigenvalue weighted by atomic mass is 9.72. The first-order chi connectivity index (χ1) is 7.36. The molecule has 16 heavy (non-hydrogen) atoms. The number of benzene rings is 1. The summed E-state index contributed by atoms with van der Waals surface area (Å²) in [6.45, 7) is 0.863. The van der Waals surface area contributed by atoms with E-state index in [1.54, 1.807) is 0 Å². The first-order valence-corrected chi connectivity index (χ1v) is 5.72. The fourth-order valence-electron chi connectivity index (χ4n) is 2.98. The van der Waals surface area contributed by atoms with Gasteiger partial charge < -0.3 is 5.32 Å². The van der Waals surface area contributed by atoms with Crippen molar-refractivity contribution in [3.63, 3.8) is 0 Å². The summed E-state index contributed by atoms with van der Waals surface area (Å²) in [7, 11) is 0. The van der Waals surface area contributed by atoms with Crippen LogP contribution in [0.2, 0.25) is 0 Å². The van der Waals surface area contributed by atoms with Crippen molar-refractivity contribution < 1.29 is 4.79 Å². The van der Waals surface area contributed by atoms with E-state index in [0.717, 1.165) is 19.4 Å². The Morgan fingerprint density at radius 1 is 1.19 bits per heavy atom. The van der Waals surface area contributed by atoms with Crippen LogP contribution in [0.1, 0.15) is 29.9 Å². The van der Waals surface area contributed by atoms with Gasteiger partial charge in [0.1, 0.15) is 0 Å². The third kappa shape index (κ3) is 1.71. The highest BCUT2D eigenvalue weighted by Gasteiger charge is 2.36. The van der Waals surface area contributed by atoms with Gasteiger partial charge in [-0.25, -0.2) is 0 Å². The molecule has 1 heterocycles. The van der Waals surface area contributed by atoms with Crippen LogP contribution >= 0.6 is 12.4 Å². The van der Waals surface area contributed by atoms with Gasteiger partial charge in [0.2, 0.25) is 5.91 Å². The maximum absolute atomic E-state index is 11.9. The summed E-state index contributed by atoms with van der Waals surface area (Å²) >= 11 is 0. The molecule has 2 unspecified atom stereocenters. The second-order valence-electron chi connectivity index (χ2n) is 4.55. The fourth-order valence-corrected chi connectivity index (χ4v) is 2.98. The molecule has 1 N–H and O–H groups in total. The van der Waals surface area contributed by atoms with Crippen molar-refractivity contribution in [2.45, 2.75) is 25.2 Å². The van der Waals surface area contributed by atoms with E-state index in [1.807, 2.05) is 6.07 Å². The van der Waals surface area contributed by atoms with E-state index in [1.165, 1.54) is 17.5 Å². The van der Waals surface area contributed by atoms with Crippen LogP contribution in [0, 0.1) is 5.92 Å². The highest BCUT2D eigenvalue weighted by molar-refractivity contribution is 5.85. The van der Waals surface area contributed by atoms with Crippen LogP contribution < -0.4 is 5.32 Å². The quantitative estimate of drug-likeness (QED) is 0.737. The van der Waals surface area contributed by atoms with E-state index < -0.39 is 0 Å². The molecule has 1 aliphatic carbocycles. The van der Waals surface area contributed by atoms with Crippen LogP contribution in [0.15, 0.2) is 24.3 Å². The number of hydrogen-bond acceptors (Lipinski definition) is 1. The fraction of sp³-hybridized carbons (Fsp3) is 0.462. The SMILES string of the molecule is Cl.O=C1NCCC2CCc3ccccc3C12. The van der Waals surface area contributed by atoms with Crippen LogP contribution in [-0.4, -0.2) is 12.5 Å². The Bertz CT molecular complexity index is 405. The molecule has 0 spiro atoms. The number of rotatable bonds is 0. The van der Waals surface area contributed by atoms with Crippen molar-refractivity contribution in [1.29, 1.82) is 0 Å². The molecule has 1 saturated heterocycles. The van der Waals surface area contributed by atoms with Crippen molar-refractivity contribution >= 4 is 18.3 Å². The summed E-state index contributed by atoms with van der Waals surface area (Å²) in [5.74, 6) is 0.941. The van der Waals surface area contributed by atoms with E-state index in [0.29, 0.717) is 5.92 Å². The summed E-state index contributed by atoms with van der Waals surface area (Å²) in [4.78, 5) is 11.9. The predicted octanol–water partition coefficient (Wildman–Crippen LogP) is 2.27. The summed E-state index contributed by atoms with van der Waals surface area (Å²) in [6, 6.07) is 8.40. The molecule has 3 rings (SSSR count). The van der Waals surface area contributed by atoms with Crippen molar-refractivity contribution in [3.8, 4) is 0 Å². The van der Waals surface area contributed by atoms with Gasteiger partial charge in [0.05, 0.1) is 5.92 Å². The molecule has 3 heteroatoms. The average molecular weight is 238 g/mol. The largest absolute Gasteiger partial charge is 0.356 e. The molecule has 2 aliphatic rings. The zero-order chi connectivity index (χ0) is 10.3. The van der Waals surface area contributed by atoms with Crippen LogP contribution in [-0.2, 0) is 11.2 Å². The van der Waals surface area contributed by atoms with E-state index in [-0.39, 0.29) is 24.2 Å². The third-order valence-electron chi connectivity index (χ3n) is 3.74. The highest BCUT2D eigenvalue weighted by Crippen LogP contribution is 2.39. The van der Waals surface area contributed by atoms with Gasteiger partial charge in [0, 0.05) is 6.54 Å². The standard InChI is InChI=1S/C13H15NO.ClH/c15-13-12-10(7-8-14-13)6-5-9-3-1-2-4-11(9)12;/h1-4,10,12H,5-8H2,(H,14,15);1H. The molecule has 0 saturated carbocycles. The van der Waals surface area contributed by atoms with Crippen LogP contribution in [0.5, 0.6) is 0 Å². The Labute approximate surface area is 102 Å². The van der Waals surface area contributed by atoms with Gasteiger partial charge >= 0.3 is 0 Å². The maximum atomic E-state index is 11.9. The average Bonchev–Trinajstić information content (AvgIpc) is 2.29. The van der Waals surface area contributed by atoms with Crippen molar-refractivity contribution in [2.75, 3.05) is 6.54 Å². The monoisotopic (exact) mass is 237 g/mol. The number of carbonyl (C=O) groups excluding carboxylic acids is 1. The van der Waals surface area contributed by atoms with E-state index in [2.05, 4.69) is 23.5 Å². The first kappa shape index (κ1) is 11.5. The lowest BCUT2D eigenvalue weighted by Gasteiger charge is -2.36. The van der Waals surface area contributed by atoms with E-state index >= 15 is 0 Å². The molecule has 1 aromatic rings. The van der Waals surface area contributed by atoms with Crippen molar-refractivity contribution in [1.82, 2.24) is 5.32 Å². The molecule has 0 aromatic heterocycles.